The van der Waals surface area contributed by atoms with Crippen LogP contribution in [0.25, 0.3) is 11.1 Å². The topological polar surface area (TPSA) is 101 Å². The molecule has 0 amide bonds. The predicted octanol–water partition coefficient (Wildman–Crippen LogP) is 4.41. The molecule has 2 aromatic carbocycles. The average molecular weight is 543 g/mol. The van der Waals surface area contributed by atoms with Crippen LogP contribution >= 0.6 is 0 Å². The lowest BCUT2D eigenvalue weighted by Crippen LogP contribution is -2.36. The smallest absolute Gasteiger partial charge is 0.232 e. The van der Waals surface area contributed by atoms with Crippen molar-refractivity contribution in [2.75, 3.05) is 53.5 Å². The highest BCUT2D eigenvalue weighted by Gasteiger charge is 2.34. The first-order valence-electron chi connectivity index (χ1n) is 12.5. The molecule has 11 heteroatoms. The Morgan fingerprint density at radius 3 is 2.71 bits per heavy atom. The largest absolute Gasteiger partial charge is 0.378 e. The van der Waals surface area contributed by atoms with Crippen LogP contribution in [0.4, 0.5) is 26.0 Å². The number of Topliss-reactive ketones (excluding diaryl/α,β-unsaturated/α-hetero) is 1. The van der Waals surface area contributed by atoms with Gasteiger partial charge in [-0.3, -0.25) is 9.52 Å². The highest BCUT2D eigenvalue weighted by atomic mass is 32.2. The molecule has 8 nitrogen and oxygen atoms in total. The van der Waals surface area contributed by atoms with E-state index in [1.807, 2.05) is 30.3 Å². The summed E-state index contributed by atoms with van der Waals surface area (Å²) >= 11 is 0. The molecule has 2 aliphatic rings. The van der Waals surface area contributed by atoms with Gasteiger partial charge in [0.05, 0.1) is 36.1 Å². The Labute approximate surface area is 220 Å². The van der Waals surface area contributed by atoms with Crippen molar-refractivity contribution >= 4 is 33.0 Å². The van der Waals surface area contributed by atoms with E-state index in [9.17, 15) is 17.6 Å². The minimum Gasteiger partial charge on any atom is -0.378 e. The average Bonchev–Trinajstić information content (AvgIpc) is 3.34. The lowest BCUT2D eigenvalue weighted by Gasteiger charge is -2.29. The second kappa shape index (κ2) is 10.7. The van der Waals surface area contributed by atoms with E-state index in [1.165, 1.54) is 0 Å². The third-order valence-corrected chi connectivity index (χ3v) is 8.19. The van der Waals surface area contributed by atoms with Gasteiger partial charge in [-0.1, -0.05) is 19.1 Å². The maximum absolute atomic E-state index is 15.3. The van der Waals surface area contributed by atoms with Crippen molar-refractivity contribution in [3.63, 3.8) is 0 Å². The molecule has 38 heavy (non-hydrogen) atoms. The Hall–Kier alpha value is -3.57. The van der Waals surface area contributed by atoms with Gasteiger partial charge in [-0.15, -0.1) is 0 Å². The highest BCUT2D eigenvalue weighted by Crippen LogP contribution is 2.37. The quantitative estimate of drug-likeness (QED) is 0.407. The fourth-order valence-corrected chi connectivity index (χ4v) is 5.95. The van der Waals surface area contributed by atoms with Crippen LogP contribution in [0.15, 0.2) is 48.7 Å². The zero-order chi connectivity index (χ0) is 26.9. The van der Waals surface area contributed by atoms with Crippen molar-refractivity contribution in [2.45, 2.75) is 19.3 Å². The number of aromatic nitrogens is 1. The van der Waals surface area contributed by atoms with Crippen molar-refractivity contribution in [2.24, 2.45) is 0 Å². The molecule has 0 bridgehead atoms. The maximum Gasteiger partial charge on any atom is 0.232 e. The Kier molecular flexibility index (Phi) is 7.31. The van der Waals surface area contributed by atoms with Gasteiger partial charge in [0, 0.05) is 42.6 Å². The molecule has 0 radical (unpaired) electrons. The normalized spacial score (nSPS) is 17.1. The first-order chi connectivity index (χ1) is 18.3. The van der Waals surface area contributed by atoms with E-state index in [0.717, 1.165) is 42.0 Å². The van der Waals surface area contributed by atoms with Crippen LogP contribution in [-0.4, -0.2) is 57.8 Å². The molecular formula is C27H28F2N4O4S. The summed E-state index contributed by atoms with van der Waals surface area (Å²) in [7, 11) is -3.83. The second-order valence-electron chi connectivity index (χ2n) is 9.31. The van der Waals surface area contributed by atoms with Gasteiger partial charge in [-0.05, 0) is 42.3 Å². The van der Waals surface area contributed by atoms with Crippen LogP contribution in [0.3, 0.4) is 0 Å². The number of pyridine rings is 1. The molecule has 2 N–H and O–H groups in total. The van der Waals surface area contributed by atoms with Gasteiger partial charge in [-0.25, -0.2) is 22.2 Å². The van der Waals surface area contributed by atoms with E-state index in [1.54, 1.807) is 13.1 Å². The minimum absolute atomic E-state index is 0.114. The van der Waals surface area contributed by atoms with Crippen LogP contribution < -0.4 is 14.9 Å². The van der Waals surface area contributed by atoms with Crippen LogP contribution in [0.2, 0.25) is 0 Å². The molecular weight excluding hydrogens is 514 g/mol. The van der Waals surface area contributed by atoms with Crippen LogP contribution in [0, 0.1) is 11.6 Å². The molecule has 1 fully saturated rings. The van der Waals surface area contributed by atoms with Gasteiger partial charge in [0.2, 0.25) is 10.0 Å². The van der Waals surface area contributed by atoms with Gasteiger partial charge < -0.3 is 15.0 Å². The predicted molar refractivity (Wildman–Crippen MR) is 142 cm³/mol. The summed E-state index contributed by atoms with van der Waals surface area (Å²) < 4.78 is 61.9. The van der Waals surface area contributed by atoms with Gasteiger partial charge in [-0.2, -0.15) is 0 Å². The van der Waals surface area contributed by atoms with Crippen LogP contribution in [0.5, 0.6) is 0 Å². The number of hydrogen-bond donors (Lipinski definition) is 2. The Morgan fingerprint density at radius 1 is 1.16 bits per heavy atom. The molecule has 0 spiro atoms. The number of anilines is 3. The van der Waals surface area contributed by atoms with Crippen LogP contribution in [0.1, 0.15) is 35.2 Å². The summed E-state index contributed by atoms with van der Waals surface area (Å²) in [6, 6.07) is 11.6. The van der Waals surface area contributed by atoms with Crippen molar-refractivity contribution in [1.82, 2.24) is 4.98 Å². The molecule has 1 atom stereocenters. The summed E-state index contributed by atoms with van der Waals surface area (Å²) in [5.74, 6) is -3.73. The zero-order valence-corrected chi connectivity index (χ0v) is 21.7. The lowest BCUT2D eigenvalue weighted by molar-refractivity contribution is 0.0958. The Balaban J connectivity index is 1.45. The van der Waals surface area contributed by atoms with Gasteiger partial charge in [0.15, 0.2) is 11.6 Å². The third-order valence-electron chi connectivity index (χ3n) is 6.71. The molecule has 1 aromatic heterocycles. The molecule has 0 aliphatic carbocycles. The van der Waals surface area contributed by atoms with E-state index >= 15 is 4.39 Å². The summed E-state index contributed by atoms with van der Waals surface area (Å²) in [5, 5.41) is 3.04. The number of rotatable bonds is 8. The molecule has 2 aliphatic heterocycles. The van der Waals surface area contributed by atoms with Crippen molar-refractivity contribution in [3.05, 3.63) is 71.4 Å². The number of fused-ring (bicyclic) bond motifs is 1. The number of sulfonamides is 1. The van der Waals surface area contributed by atoms with E-state index in [4.69, 9.17) is 4.74 Å². The molecule has 3 aromatic rings. The summed E-state index contributed by atoms with van der Waals surface area (Å²) in [5.41, 5.74) is 2.00. The lowest BCUT2D eigenvalue weighted by atomic mass is 9.91. The summed E-state index contributed by atoms with van der Waals surface area (Å²) in [6.07, 6.45) is 2.01. The SMILES string of the molecule is CCCS(=O)(=O)Nc1ccc(F)c(C(=O)C2CNc3ncc(-c4cccc(N5CCOCC5)c4)cc32)c1F. The number of halogens is 2. The van der Waals surface area contributed by atoms with E-state index in [0.29, 0.717) is 31.0 Å². The fourth-order valence-electron chi connectivity index (χ4n) is 4.82. The Morgan fingerprint density at radius 2 is 1.95 bits per heavy atom. The van der Waals surface area contributed by atoms with Crippen LogP contribution in [-0.2, 0) is 14.8 Å². The number of hydrogen-bond acceptors (Lipinski definition) is 7. The van der Waals surface area contributed by atoms with Gasteiger partial charge >= 0.3 is 0 Å². The number of ether oxygens (including phenoxy) is 1. The number of nitrogens with one attached hydrogen (secondary N) is 2. The van der Waals surface area contributed by atoms with Crippen molar-refractivity contribution < 1.29 is 26.7 Å². The molecule has 5 rings (SSSR count). The number of morpholine rings is 1. The molecule has 0 saturated carbocycles. The molecule has 1 unspecified atom stereocenters. The molecule has 200 valence electrons. The van der Waals surface area contributed by atoms with Gasteiger partial charge in [0.1, 0.15) is 11.6 Å². The number of carbonyl (C=O) groups is 1. The second-order valence-corrected chi connectivity index (χ2v) is 11.2. The number of nitrogens with zero attached hydrogens (tertiary/aromatic N) is 2. The highest BCUT2D eigenvalue weighted by molar-refractivity contribution is 7.92. The summed E-state index contributed by atoms with van der Waals surface area (Å²) in [4.78, 5) is 20.2. The number of benzene rings is 2. The first-order valence-corrected chi connectivity index (χ1v) is 14.1. The van der Waals surface area contributed by atoms with Crippen molar-refractivity contribution in [3.8, 4) is 11.1 Å². The Bertz CT molecular complexity index is 1480. The first kappa shape index (κ1) is 26.1. The number of ketones is 1. The minimum atomic E-state index is -3.83. The van der Waals surface area contributed by atoms with E-state index in [2.05, 4.69) is 19.9 Å². The fraction of sp³-hybridized carbons (Fsp3) is 0.333. The monoisotopic (exact) mass is 542 g/mol. The van der Waals surface area contributed by atoms with Gasteiger partial charge in [0.25, 0.3) is 0 Å². The van der Waals surface area contributed by atoms with E-state index < -0.39 is 44.6 Å². The molecule has 1 saturated heterocycles. The number of carbonyl (C=O) groups excluding carboxylic acids is 1. The third kappa shape index (κ3) is 5.21. The van der Waals surface area contributed by atoms with Crippen molar-refractivity contribution in [1.29, 1.82) is 0 Å². The maximum atomic E-state index is 15.3. The molecule has 3 heterocycles. The zero-order valence-electron chi connectivity index (χ0n) is 20.8. The van der Waals surface area contributed by atoms with E-state index in [-0.39, 0.29) is 12.3 Å². The standard InChI is InChI=1S/C27H28F2N4O4S/c1-2-12-38(35,36)32-23-7-6-22(28)24(25(23)29)26(34)21-16-31-27-20(21)14-18(15-30-27)17-4-3-5-19(13-17)33-8-10-37-11-9-33/h3-7,13-15,21,32H,2,8-12,16H2,1H3,(H,30,31). The summed E-state index contributed by atoms with van der Waals surface area (Å²) in [6.45, 7) is 4.68.